The zero-order valence-electron chi connectivity index (χ0n) is 10.00. The van der Waals surface area contributed by atoms with E-state index in [9.17, 15) is 9.13 Å². The number of hydrogen-bond donors (Lipinski definition) is 4. The zero-order chi connectivity index (χ0) is 14.0. The largest absolute Gasteiger partial charge is 1.00 e. The van der Waals surface area contributed by atoms with Crippen LogP contribution in [0.15, 0.2) is 18.6 Å². The third-order valence-corrected chi connectivity index (χ3v) is 6.16. The molecule has 0 saturated carbocycles. The highest BCUT2D eigenvalue weighted by molar-refractivity contribution is 7.70. The molecule has 0 fully saturated rings. The van der Waals surface area contributed by atoms with Gasteiger partial charge in [0.25, 0.3) is 6.33 Å². The molecule has 0 bridgehead atoms. The van der Waals surface area contributed by atoms with E-state index in [4.69, 9.17) is 19.6 Å². The van der Waals surface area contributed by atoms with Gasteiger partial charge in [-0.3, -0.25) is 9.13 Å². The molecule has 0 radical (unpaired) electrons. The third kappa shape index (κ3) is 5.28. The zero-order valence-corrected chi connectivity index (χ0v) is 12.5. The van der Waals surface area contributed by atoms with Gasteiger partial charge in [-0.15, -0.1) is 0 Å². The maximum absolute atomic E-state index is 11.2. The van der Waals surface area contributed by atoms with Crippen LogP contribution in [-0.4, -0.2) is 30.0 Å². The van der Waals surface area contributed by atoms with Crippen molar-refractivity contribution in [2.45, 2.75) is 25.3 Å². The molecular formula is C8H15ClN2O6P2. The summed E-state index contributed by atoms with van der Waals surface area (Å²) in [6, 6.07) is 1.47. The molecule has 0 aliphatic rings. The molecule has 1 rings (SSSR count). The number of hydrogen-bond acceptors (Lipinski definition) is 3. The van der Waals surface area contributed by atoms with Gasteiger partial charge in [-0.25, -0.2) is 4.57 Å². The van der Waals surface area contributed by atoms with Crippen LogP contribution in [0.4, 0.5) is 0 Å². The molecule has 1 heterocycles. The molecule has 0 spiro atoms. The van der Waals surface area contributed by atoms with Gasteiger partial charge in [0.05, 0.1) is 6.54 Å². The second-order valence-electron chi connectivity index (χ2n) is 3.72. The predicted octanol–water partition coefficient (Wildman–Crippen LogP) is -3.38. The molecule has 11 heteroatoms. The maximum atomic E-state index is 11.2. The molecule has 110 valence electrons. The standard InChI is InChI=1S/C8H14N2O6P2.ClH/c1-2-10-6-9-4-3-7(10)5-8(17(11,12)13)18(14,15)16;/h3-4,6,8H,2,5H2,1H3,(H3-,11,12,13,14,15,16);1H. The Morgan fingerprint density at radius 2 is 1.79 bits per heavy atom. The minimum Gasteiger partial charge on any atom is -1.00 e. The first-order chi connectivity index (χ1) is 8.16. The number of nitrogens with zero attached hydrogens (tertiary/aromatic N) is 2. The third-order valence-electron chi connectivity index (χ3n) is 2.44. The summed E-state index contributed by atoms with van der Waals surface area (Å²) < 4.78 is 23.9. The van der Waals surface area contributed by atoms with Gasteiger partial charge in [0.15, 0.2) is 5.40 Å². The lowest BCUT2D eigenvalue weighted by molar-refractivity contribution is -0.703. The van der Waals surface area contributed by atoms with E-state index in [-0.39, 0.29) is 12.4 Å². The summed E-state index contributed by atoms with van der Waals surface area (Å²) in [5.41, 5.74) is 0.407. The molecule has 8 nitrogen and oxygen atoms in total. The molecule has 0 unspecified atom stereocenters. The summed E-state index contributed by atoms with van der Waals surface area (Å²) in [5.74, 6) is 0. The van der Waals surface area contributed by atoms with Gasteiger partial charge in [-0.2, -0.15) is 0 Å². The lowest BCUT2D eigenvalue weighted by atomic mass is 10.3. The Kier molecular flexibility index (Phi) is 6.78. The Morgan fingerprint density at radius 3 is 2.21 bits per heavy atom. The molecule has 0 saturated heterocycles. The molecule has 4 N–H and O–H groups in total. The maximum Gasteiger partial charge on any atom is 0.341 e. The van der Waals surface area contributed by atoms with Gasteiger partial charge < -0.3 is 32.0 Å². The molecule has 1 aromatic heterocycles. The van der Waals surface area contributed by atoms with E-state index in [0.29, 0.717) is 12.2 Å². The number of aryl methyl sites for hydroxylation is 1. The van der Waals surface area contributed by atoms with Crippen LogP contribution in [0.25, 0.3) is 0 Å². The summed E-state index contributed by atoms with van der Waals surface area (Å²) in [5, 5.41) is -2.02. The normalized spacial score (nSPS) is 12.3. The SMILES string of the molecule is CC[n+]1cnccc1CC(P(=O)(O)O)P(=O)(O)O.[Cl-]. The van der Waals surface area contributed by atoms with Crippen LogP contribution in [0, 0.1) is 0 Å². The lowest BCUT2D eigenvalue weighted by Crippen LogP contribution is -3.00. The van der Waals surface area contributed by atoms with Gasteiger partial charge in [-0.1, -0.05) is 4.98 Å². The summed E-state index contributed by atoms with van der Waals surface area (Å²) >= 11 is 0. The van der Waals surface area contributed by atoms with E-state index in [2.05, 4.69) is 4.98 Å². The average Bonchev–Trinajstić information content (AvgIpc) is 2.23. The topological polar surface area (TPSA) is 132 Å². The monoisotopic (exact) mass is 332 g/mol. The highest BCUT2D eigenvalue weighted by atomic mass is 35.5. The minimum atomic E-state index is -4.89. The van der Waals surface area contributed by atoms with Crippen LogP contribution in [0.1, 0.15) is 12.6 Å². The molecule has 19 heavy (non-hydrogen) atoms. The van der Waals surface area contributed by atoms with E-state index in [1.54, 1.807) is 11.5 Å². The summed E-state index contributed by atoms with van der Waals surface area (Å²) in [6.45, 7) is 2.27. The molecule has 0 aromatic carbocycles. The average molecular weight is 333 g/mol. The van der Waals surface area contributed by atoms with Crippen LogP contribution in [0.5, 0.6) is 0 Å². The van der Waals surface area contributed by atoms with Crippen LogP contribution in [-0.2, 0) is 22.1 Å². The van der Waals surface area contributed by atoms with Gasteiger partial charge in [-0.05, 0) is 6.92 Å². The van der Waals surface area contributed by atoms with Gasteiger partial charge in [0.1, 0.15) is 11.9 Å². The van der Waals surface area contributed by atoms with Gasteiger partial charge in [0.2, 0.25) is 0 Å². The van der Waals surface area contributed by atoms with Crippen molar-refractivity contribution in [3.05, 3.63) is 24.3 Å². The Balaban J connectivity index is 0.00000324. The highest BCUT2D eigenvalue weighted by Gasteiger charge is 2.44. The van der Waals surface area contributed by atoms with E-state index in [0.717, 1.165) is 0 Å². The first kappa shape index (κ1) is 18.7. The quantitative estimate of drug-likeness (QED) is 0.327. The molecule has 0 aliphatic heterocycles. The van der Waals surface area contributed by atoms with Crippen molar-refractivity contribution < 1.29 is 45.7 Å². The van der Waals surface area contributed by atoms with Crippen molar-refractivity contribution in [1.29, 1.82) is 0 Å². The van der Waals surface area contributed by atoms with Crippen molar-refractivity contribution in [2.24, 2.45) is 0 Å². The predicted molar refractivity (Wildman–Crippen MR) is 61.7 cm³/mol. The molecule has 0 aliphatic carbocycles. The van der Waals surface area contributed by atoms with Crippen LogP contribution >= 0.6 is 15.2 Å². The fourth-order valence-electron chi connectivity index (χ4n) is 1.51. The van der Waals surface area contributed by atoms with E-state index in [1.165, 1.54) is 18.6 Å². The first-order valence-corrected chi connectivity index (χ1v) is 8.45. The van der Waals surface area contributed by atoms with Crippen molar-refractivity contribution in [2.75, 3.05) is 0 Å². The fraction of sp³-hybridized carbons (Fsp3) is 0.500. The van der Waals surface area contributed by atoms with Crippen molar-refractivity contribution >= 4 is 15.2 Å². The molecule has 0 amide bonds. The van der Waals surface area contributed by atoms with E-state index >= 15 is 0 Å². The molecular weight excluding hydrogens is 317 g/mol. The van der Waals surface area contributed by atoms with Crippen molar-refractivity contribution in [3.8, 4) is 0 Å². The molecule has 0 atom stereocenters. The van der Waals surface area contributed by atoms with E-state index < -0.39 is 27.0 Å². The smallest absolute Gasteiger partial charge is 0.341 e. The number of halogens is 1. The van der Waals surface area contributed by atoms with Crippen molar-refractivity contribution in [1.82, 2.24) is 4.98 Å². The first-order valence-electron chi connectivity index (χ1n) is 5.09. The summed E-state index contributed by atoms with van der Waals surface area (Å²) in [4.78, 5) is 40.0. The Morgan fingerprint density at radius 1 is 1.26 bits per heavy atom. The number of rotatable bonds is 5. The van der Waals surface area contributed by atoms with Gasteiger partial charge >= 0.3 is 15.2 Å². The van der Waals surface area contributed by atoms with Crippen LogP contribution in [0.3, 0.4) is 0 Å². The Bertz CT molecular complexity index is 494. The molecule has 1 aromatic rings. The van der Waals surface area contributed by atoms with E-state index in [1.807, 2.05) is 0 Å². The second kappa shape index (κ2) is 6.90. The lowest BCUT2D eigenvalue weighted by Gasteiger charge is -2.19. The Labute approximate surface area is 116 Å². The number of aromatic nitrogens is 2. The minimum absolute atomic E-state index is 0. The van der Waals surface area contributed by atoms with Crippen LogP contribution in [0.2, 0.25) is 0 Å². The summed E-state index contributed by atoms with van der Waals surface area (Å²) in [6.07, 6.45) is 2.43. The van der Waals surface area contributed by atoms with Crippen molar-refractivity contribution in [3.63, 3.8) is 0 Å². The fourth-order valence-corrected chi connectivity index (χ4v) is 3.93. The second-order valence-corrected chi connectivity index (χ2v) is 7.73. The van der Waals surface area contributed by atoms with Crippen LogP contribution < -0.4 is 17.0 Å². The highest BCUT2D eigenvalue weighted by Crippen LogP contribution is 2.60. The summed E-state index contributed by atoms with van der Waals surface area (Å²) in [7, 11) is -9.78. The Hall–Kier alpha value is -0.330. The van der Waals surface area contributed by atoms with Gasteiger partial charge in [0, 0.05) is 12.5 Å².